The fraction of sp³-hybridized carbons (Fsp3) is 0.180. The Morgan fingerprint density at radius 2 is 1.24 bits per heavy atom. The standard InChI is InChI=1S/C50H45N4/c1-32(2)31-52-44-22-12-9-17-36(44)39-28-40(41(29-48(39)52)47-27-33(3)25-26-51(47)6)49-30-50(42-20-10-7-18-37(42)45-23-13-15-34(4)53(45)49)43-21-11-8-19-38(43)46-24-14-16-35(5)54(46)50/h7-30,32H,31H2,1-6H3/q+3. The first-order valence-electron chi connectivity index (χ1n) is 19.2. The van der Waals surface area contributed by atoms with E-state index in [0.717, 1.165) is 6.54 Å². The van der Waals surface area contributed by atoms with Crippen LogP contribution in [0.15, 0.2) is 146 Å². The predicted octanol–water partition coefficient (Wildman–Crippen LogP) is 9.78. The van der Waals surface area contributed by atoms with Crippen LogP contribution in [0.1, 0.15) is 47.5 Å². The van der Waals surface area contributed by atoms with E-state index in [4.69, 9.17) is 0 Å². The zero-order valence-corrected chi connectivity index (χ0v) is 31.9. The van der Waals surface area contributed by atoms with Crippen LogP contribution in [0.4, 0.5) is 0 Å². The van der Waals surface area contributed by atoms with E-state index in [0.29, 0.717) is 5.92 Å². The number of pyridine rings is 3. The number of nitrogens with zero attached hydrogens (tertiary/aromatic N) is 4. The number of hydrogen-bond donors (Lipinski definition) is 0. The molecule has 2 aliphatic heterocycles. The number of fused-ring (bicyclic) bond motifs is 12. The fourth-order valence-electron chi connectivity index (χ4n) is 9.61. The molecule has 1 spiro atoms. The van der Waals surface area contributed by atoms with Crippen molar-refractivity contribution in [3.8, 4) is 33.8 Å². The number of para-hydroxylation sites is 1. The van der Waals surface area contributed by atoms with Gasteiger partial charge in [0.1, 0.15) is 7.05 Å². The Morgan fingerprint density at radius 1 is 0.574 bits per heavy atom. The summed E-state index contributed by atoms with van der Waals surface area (Å²) in [4.78, 5) is 0. The number of allylic oxidation sites excluding steroid dienone is 1. The minimum Gasteiger partial charge on any atom is -0.340 e. The van der Waals surface area contributed by atoms with Crippen molar-refractivity contribution in [1.29, 1.82) is 0 Å². The Bertz CT molecular complexity index is 2890. The smallest absolute Gasteiger partial charge is 0.246 e. The van der Waals surface area contributed by atoms with Crippen LogP contribution in [0.5, 0.6) is 0 Å². The van der Waals surface area contributed by atoms with E-state index >= 15 is 0 Å². The van der Waals surface area contributed by atoms with Gasteiger partial charge in [0, 0.05) is 89.7 Å². The summed E-state index contributed by atoms with van der Waals surface area (Å²) in [6.45, 7) is 12.3. The molecule has 0 N–H and O–H groups in total. The molecular weight excluding hydrogens is 657 g/mol. The minimum absolute atomic E-state index is 0.498. The lowest BCUT2D eigenvalue weighted by Crippen LogP contribution is -2.56. The van der Waals surface area contributed by atoms with Crippen LogP contribution in [-0.2, 0) is 19.1 Å². The van der Waals surface area contributed by atoms with Crippen LogP contribution in [0.25, 0.3) is 61.3 Å². The number of aromatic nitrogens is 4. The van der Waals surface area contributed by atoms with Crippen LogP contribution in [0.3, 0.4) is 0 Å². The van der Waals surface area contributed by atoms with Gasteiger partial charge in [0.2, 0.25) is 28.3 Å². The maximum absolute atomic E-state index is 2.60. The topological polar surface area (TPSA) is 16.6 Å². The van der Waals surface area contributed by atoms with Crippen molar-refractivity contribution >= 4 is 27.5 Å². The van der Waals surface area contributed by atoms with Gasteiger partial charge in [-0.15, -0.1) is 0 Å². The summed E-state index contributed by atoms with van der Waals surface area (Å²) < 4.78 is 9.96. The Hall–Kier alpha value is -6.13. The van der Waals surface area contributed by atoms with Gasteiger partial charge in [-0.1, -0.05) is 68.4 Å². The lowest BCUT2D eigenvalue weighted by atomic mass is 9.79. The van der Waals surface area contributed by atoms with Gasteiger partial charge in [0.25, 0.3) is 0 Å². The molecule has 2 aliphatic rings. The lowest BCUT2D eigenvalue weighted by Gasteiger charge is -2.24. The van der Waals surface area contributed by atoms with E-state index < -0.39 is 5.54 Å². The summed E-state index contributed by atoms with van der Waals surface area (Å²) in [5.41, 5.74) is 17.9. The van der Waals surface area contributed by atoms with Crippen molar-refractivity contribution in [2.24, 2.45) is 13.0 Å². The Kier molecular flexibility index (Phi) is 7.19. The first-order valence-corrected chi connectivity index (χ1v) is 19.2. The quantitative estimate of drug-likeness (QED) is 0.163. The molecule has 0 aliphatic carbocycles. The third-order valence-electron chi connectivity index (χ3n) is 11.9. The van der Waals surface area contributed by atoms with Gasteiger partial charge in [0.15, 0.2) is 17.6 Å². The second-order valence-electron chi connectivity index (χ2n) is 15.8. The van der Waals surface area contributed by atoms with E-state index in [1.807, 2.05) is 0 Å². The molecule has 10 rings (SSSR count). The summed E-state index contributed by atoms with van der Waals surface area (Å²) in [7, 11) is 2.18. The van der Waals surface area contributed by atoms with Crippen LogP contribution in [-0.4, -0.2) is 4.57 Å². The van der Waals surface area contributed by atoms with Crippen molar-refractivity contribution in [3.05, 3.63) is 179 Å². The number of aryl methyl sites for hydroxylation is 4. The zero-order valence-electron chi connectivity index (χ0n) is 31.9. The molecule has 6 heterocycles. The summed E-state index contributed by atoms with van der Waals surface area (Å²) in [5, 5.41) is 2.57. The normalized spacial score (nSPS) is 15.6. The monoisotopic (exact) mass is 701 g/mol. The van der Waals surface area contributed by atoms with Gasteiger partial charge < -0.3 is 4.57 Å². The molecule has 0 amide bonds. The first-order chi connectivity index (χ1) is 26.3. The molecule has 1 unspecified atom stereocenters. The molecule has 8 aromatic rings. The molecule has 0 saturated heterocycles. The number of benzene rings is 4. The highest BCUT2D eigenvalue weighted by Gasteiger charge is 2.56. The number of rotatable bonds is 4. The number of hydrogen-bond acceptors (Lipinski definition) is 0. The third-order valence-corrected chi connectivity index (χ3v) is 11.9. The highest BCUT2D eigenvalue weighted by molar-refractivity contribution is 6.10. The molecule has 0 radical (unpaired) electrons. The molecule has 4 nitrogen and oxygen atoms in total. The van der Waals surface area contributed by atoms with Crippen molar-refractivity contribution in [3.63, 3.8) is 0 Å². The molecule has 1 atom stereocenters. The Balaban J connectivity index is 1.44. The van der Waals surface area contributed by atoms with Crippen molar-refractivity contribution in [2.45, 2.75) is 46.7 Å². The highest BCUT2D eigenvalue weighted by atomic mass is 15.1. The van der Waals surface area contributed by atoms with E-state index in [1.165, 1.54) is 94.9 Å². The largest absolute Gasteiger partial charge is 0.340 e. The Labute approximate surface area is 317 Å². The molecule has 0 fully saturated rings. The lowest BCUT2D eigenvalue weighted by molar-refractivity contribution is -0.722. The predicted molar refractivity (Wildman–Crippen MR) is 219 cm³/mol. The van der Waals surface area contributed by atoms with Gasteiger partial charge in [-0.05, 0) is 60.9 Å². The van der Waals surface area contributed by atoms with Crippen LogP contribution >= 0.6 is 0 Å². The Morgan fingerprint density at radius 3 is 2.00 bits per heavy atom. The molecule has 0 saturated carbocycles. The maximum atomic E-state index is 2.60. The van der Waals surface area contributed by atoms with E-state index in [-0.39, 0.29) is 0 Å². The van der Waals surface area contributed by atoms with Crippen molar-refractivity contribution in [2.75, 3.05) is 0 Å². The van der Waals surface area contributed by atoms with Gasteiger partial charge >= 0.3 is 0 Å². The highest BCUT2D eigenvalue weighted by Crippen LogP contribution is 2.49. The van der Waals surface area contributed by atoms with Crippen LogP contribution < -0.4 is 13.7 Å². The maximum Gasteiger partial charge on any atom is 0.246 e. The van der Waals surface area contributed by atoms with Crippen LogP contribution in [0, 0.1) is 26.7 Å². The van der Waals surface area contributed by atoms with E-state index in [9.17, 15) is 0 Å². The van der Waals surface area contributed by atoms with Gasteiger partial charge in [0.05, 0.1) is 28.3 Å². The summed E-state index contributed by atoms with van der Waals surface area (Å²) in [6, 6.07) is 50.2. The second-order valence-corrected chi connectivity index (χ2v) is 15.8. The zero-order chi connectivity index (χ0) is 36.9. The molecule has 0 bridgehead atoms. The minimum atomic E-state index is -0.617. The molecule has 262 valence electrons. The molecule has 54 heavy (non-hydrogen) atoms. The molecule has 4 heteroatoms. The SMILES string of the molecule is Cc1cc[n+](C)c(-c2cc3c(cc2C2=CC4(c5ccccc5-c5cccc(C)[n+]52)c2ccccc2-c2cccc(C)[n+]24)c2ccccc2n3CC(C)C)c1. The van der Waals surface area contributed by atoms with Crippen LogP contribution in [0.2, 0.25) is 0 Å². The van der Waals surface area contributed by atoms with Crippen molar-refractivity contribution < 1.29 is 13.7 Å². The molecular formula is C50H45N4+3. The molecule has 4 aromatic heterocycles. The average Bonchev–Trinajstić information content (AvgIpc) is 3.59. The fourth-order valence-corrected chi connectivity index (χ4v) is 9.61. The van der Waals surface area contributed by atoms with E-state index in [2.05, 4.69) is 206 Å². The summed E-state index contributed by atoms with van der Waals surface area (Å²) in [6.07, 6.45) is 4.81. The van der Waals surface area contributed by atoms with E-state index in [1.54, 1.807) is 0 Å². The van der Waals surface area contributed by atoms with Gasteiger partial charge in [-0.2, -0.15) is 9.13 Å². The summed E-state index contributed by atoms with van der Waals surface area (Å²) in [5.74, 6) is 0.498. The average molecular weight is 702 g/mol. The molecule has 4 aromatic carbocycles. The third kappa shape index (κ3) is 4.52. The van der Waals surface area contributed by atoms with Crippen molar-refractivity contribution in [1.82, 2.24) is 4.57 Å². The second kappa shape index (κ2) is 11.9. The van der Waals surface area contributed by atoms with Gasteiger partial charge in [-0.25, -0.2) is 4.57 Å². The summed E-state index contributed by atoms with van der Waals surface area (Å²) >= 11 is 0. The van der Waals surface area contributed by atoms with Gasteiger partial charge in [-0.3, -0.25) is 0 Å². The first kappa shape index (κ1) is 32.5.